The molecule has 38 heavy (non-hydrogen) atoms. The third kappa shape index (κ3) is 7.37. The van der Waals surface area contributed by atoms with Crippen molar-refractivity contribution in [2.45, 2.75) is 57.7 Å². The van der Waals surface area contributed by atoms with Crippen molar-refractivity contribution in [3.05, 3.63) is 53.8 Å². The van der Waals surface area contributed by atoms with Crippen molar-refractivity contribution in [1.29, 1.82) is 0 Å². The molecular formula is C27H36FN3O6S. The van der Waals surface area contributed by atoms with Crippen LogP contribution in [0.2, 0.25) is 0 Å². The van der Waals surface area contributed by atoms with Crippen LogP contribution in [-0.2, 0) is 26.2 Å². The van der Waals surface area contributed by atoms with Gasteiger partial charge < -0.3 is 19.7 Å². The van der Waals surface area contributed by atoms with Crippen LogP contribution >= 0.6 is 0 Å². The van der Waals surface area contributed by atoms with Crippen LogP contribution in [0, 0.1) is 5.82 Å². The molecular weight excluding hydrogens is 513 g/mol. The van der Waals surface area contributed by atoms with Crippen LogP contribution in [-0.4, -0.2) is 64.2 Å². The number of carbonyl (C=O) groups is 2. The first kappa shape index (κ1) is 29.2. The predicted molar refractivity (Wildman–Crippen MR) is 143 cm³/mol. The molecule has 0 saturated heterocycles. The van der Waals surface area contributed by atoms with E-state index in [0.717, 1.165) is 42.7 Å². The molecule has 11 heteroatoms. The van der Waals surface area contributed by atoms with E-state index in [9.17, 15) is 22.4 Å². The molecule has 0 spiro atoms. The minimum Gasteiger partial charge on any atom is -0.497 e. The maximum Gasteiger partial charge on any atom is 0.244 e. The highest BCUT2D eigenvalue weighted by Gasteiger charge is 2.32. The number of anilines is 1. The zero-order chi connectivity index (χ0) is 27.9. The van der Waals surface area contributed by atoms with Crippen LogP contribution in [0.3, 0.4) is 0 Å². The van der Waals surface area contributed by atoms with Gasteiger partial charge in [0.05, 0.1) is 26.2 Å². The van der Waals surface area contributed by atoms with E-state index in [4.69, 9.17) is 9.47 Å². The maximum absolute atomic E-state index is 14.6. The third-order valence-corrected chi connectivity index (χ3v) is 7.88. The second-order valence-corrected chi connectivity index (χ2v) is 11.3. The number of methoxy groups -OCH3 is 2. The molecule has 1 fully saturated rings. The Hall–Kier alpha value is -3.34. The lowest BCUT2D eigenvalue weighted by atomic mass is 9.95. The third-order valence-electron chi connectivity index (χ3n) is 6.75. The molecule has 2 aromatic rings. The molecule has 1 saturated carbocycles. The Balaban J connectivity index is 1.94. The molecule has 0 heterocycles. The van der Waals surface area contributed by atoms with E-state index in [-0.39, 0.29) is 35.5 Å². The van der Waals surface area contributed by atoms with Gasteiger partial charge in [-0.15, -0.1) is 0 Å². The van der Waals surface area contributed by atoms with E-state index in [1.165, 1.54) is 49.5 Å². The molecule has 1 N–H and O–H groups in total. The Bertz CT molecular complexity index is 1230. The summed E-state index contributed by atoms with van der Waals surface area (Å²) in [6, 6.07) is 9.60. The molecule has 0 radical (unpaired) electrons. The molecule has 0 bridgehead atoms. The topological polar surface area (TPSA) is 105 Å². The van der Waals surface area contributed by atoms with Gasteiger partial charge in [0.2, 0.25) is 21.8 Å². The fourth-order valence-corrected chi connectivity index (χ4v) is 5.39. The Morgan fingerprint density at radius 1 is 1.08 bits per heavy atom. The van der Waals surface area contributed by atoms with Crippen molar-refractivity contribution >= 4 is 27.5 Å². The molecule has 2 amide bonds. The summed E-state index contributed by atoms with van der Waals surface area (Å²) >= 11 is 0. The largest absolute Gasteiger partial charge is 0.497 e. The highest BCUT2D eigenvalue weighted by molar-refractivity contribution is 7.92. The second-order valence-electron chi connectivity index (χ2n) is 9.44. The zero-order valence-corrected chi connectivity index (χ0v) is 23.1. The summed E-state index contributed by atoms with van der Waals surface area (Å²) in [4.78, 5) is 28.1. The van der Waals surface area contributed by atoms with Crippen LogP contribution in [0.25, 0.3) is 0 Å². The first-order chi connectivity index (χ1) is 18.0. The number of halogens is 1. The molecule has 9 nitrogen and oxygen atoms in total. The maximum atomic E-state index is 14.6. The van der Waals surface area contributed by atoms with Crippen molar-refractivity contribution in [1.82, 2.24) is 10.2 Å². The Labute approximate surface area is 224 Å². The lowest BCUT2D eigenvalue weighted by Gasteiger charge is -2.33. The molecule has 0 aliphatic heterocycles. The van der Waals surface area contributed by atoms with Gasteiger partial charge in [-0.1, -0.05) is 37.5 Å². The molecule has 1 atom stereocenters. The zero-order valence-electron chi connectivity index (χ0n) is 22.3. The summed E-state index contributed by atoms with van der Waals surface area (Å²) < 4.78 is 51.8. The number of nitrogens with zero attached hydrogens (tertiary/aromatic N) is 2. The molecule has 208 valence electrons. The van der Waals surface area contributed by atoms with Crippen LogP contribution < -0.4 is 19.1 Å². The van der Waals surface area contributed by atoms with Crippen molar-refractivity contribution < 1.29 is 31.9 Å². The Kier molecular flexibility index (Phi) is 9.96. The smallest absolute Gasteiger partial charge is 0.244 e. The summed E-state index contributed by atoms with van der Waals surface area (Å²) in [5, 5.41) is 3.01. The van der Waals surface area contributed by atoms with Gasteiger partial charge in [0, 0.05) is 24.2 Å². The van der Waals surface area contributed by atoms with Crippen molar-refractivity contribution in [2.75, 3.05) is 31.3 Å². The number of hydrogen-bond donors (Lipinski definition) is 1. The SMILES string of the molecule is COc1ccc(OC)c(N(CC(=O)N(Cc2ccccc2F)[C@H](C)C(=O)NC2CCCCC2)S(C)(=O)=O)c1. The van der Waals surface area contributed by atoms with Gasteiger partial charge in [-0.2, -0.15) is 0 Å². The van der Waals surface area contributed by atoms with E-state index in [0.29, 0.717) is 5.75 Å². The van der Waals surface area contributed by atoms with Gasteiger partial charge in [0.25, 0.3) is 0 Å². The van der Waals surface area contributed by atoms with E-state index < -0.39 is 34.3 Å². The fraction of sp³-hybridized carbons (Fsp3) is 0.481. The minimum absolute atomic E-state index is 0.0117. The first-order valence-electron chi connectivity index (χ1n) is 12.6. The summed E-state index contributed by atoms with van der Waals surface area (Å²) in [5.74, 6) is -0.987. The number of ether oxygens (including phenoxy) is 2. The molecule has 0 aromatic heterocycles. The van der Waals surface area contributed by atoms with Gasteiger partial charge in [-0.25, -0.2) is 12.8 Å². The highest BCUT2D eigenvalue weighted by Crippen LogP contribution is 2.34. The van der Waals surface area contributed by atoms with Crippen LogP contribution in [0.5, 0.6) is 11.5 Å². The van der Waals surface area contributed by atoms with E-state index >= 15 is 0 Å². The summed E-state index contributed by atoms with van der Waals surface area (Å²) in [5.41, 5.74) is 0.316. The normalized spacial score (nSPS) is 14.9. The van der Waals surface area contributed by atoms with Crippen LogP contribution in [0.4, 0.5) is 10.1 Å². The average Bonchev–Trinajstić information content (AvgIpc) is 2.90. The Morgan fingerprint density at radius 3 is 2.37 bits per heavy atom. The van der Waals surface area contributed by atoms with Gasteiger partial charge in [-0.3, -0.25) is 13.9 Å². The van der Waals surface area contributed by atoms with E-state index in [1.54, 1.807) is 19.1 Å². The quantitative estimate of drug-likeness (QED) is 0.460. The number of amides is 2. The van der Waals surface area contributed by atoms with E-state index in [2.05, 4.69) is 5.32 Å². The van der Waals surface area contributed by atoms with Gasteiger partial charge in [0.1, 0.15) is 29.9 Å². The van der Waals surface area contributed by atoms with Gasteiger partial charge in [0.15, 0.2) is 0 Å². The number of hydrogen-bond acceptors (Lipinski definition) is 6. The first-order valence-corrected chi connectivity index (χ1v) is 14.4. The molecule has 1 aliphatic rings. The molecule has 1 aliphatic carbocycles. The highest BCUT2D eigenvalue weighted by atomic mass is 32.2. The number of benzene rings is 2. The molecule has 3 rings (SSSR count). The summed E-state index contributed by atoms with van der Waals surface area (Å²) in [6.45, 7) is 0.725. The average molecular weight is 550 g/mol. The van der Waals surface area contributed by atoms with Crippen molar-refractivity contribution in [3.63, 3.8) is 0 Å². The molecule has 0 unspecified atom stereocenters. The van der Waals surface area contributed by atoms with Gasteiger partial charge >= 0.3 is 0 Å². The lowest BCUT2D eigenvalue weighted by Crippen LogP contribution is -2.53. The molecule has 2 aromatic carbocycles. The second kappa shape index (κ2) is 12.9. The summed E-state index contributed by atoms with van der Waals surface area (Å²) in [6.07, 6.45) is 5.84. The van der Waals surface area contributed by atoms with E-state index in [1.807, 2.05) is 0 Å². The predicted octanol–water partition coefficient (Wildman–Crippen LogP) is 3.48. The standard InChI is InChI=1S/C27H36FN3O6S/c1-19(27(33)29-21-11-6-5-7-12-21)30(17-20-10-8-9-13-23(20)28)26(32)18-31(38(4,34)35)24-16-22(36-2)14-15-25(24)37-3/h8-10,13-16,19,21H,5-7,11-12,17-18H2,1-4H3,(H,29,33)/t19-/m1/s1. The number of nitrogens with one attached hydrogen (secondary N) is 1. The van der Waals surface area contributed by atoms with Crippen LogP contribution in [0.15, 0.2) is 42.5 Å². The monoisotopic (exact) mass is 549 g/mol. The number of rotatable bonds is 11. The minimum atomic E-state index is -3.98. The summed E-state index contributed by atoms with van der Waals surface area (Å²) in [7, 11) is -1.16. The number of sulfonamides is 1. The fourth-order valence-electron chi connectivity index (χ4n) is 4.55. The van der Waals surface area contributed by atoms with Crippen LogP contribution in [0.1, 0.15) is 44.6 Å². The van der Waals surface area contributed by atoms with Crippen molar-refractivity contribution in [3.8, 4) is 11.5 Å². The van der Waals surface area contributed by atoms with Crippen molar-refractivity contribution in [2.24, 2.45) is 0 Å². The number of carbonyl (C=O) groups excluding carboxylic acids is 2. The lowest BCUT2D eigenvalue weighted by molar-refractivity contribution is -0.139. The van der Waals surface area contributed by atoms with Gasteiger partial charge in [-0.05, 0) is 38.0 Å². The Morgan fingerprint density at radius 2 is 1.76 bits per heavy atom.